The van der Waals surface area contributed by atoms with Gasteiger partial charge in [-0.3, -0.25) is 9.59 Å². The number of amides is 1. The van der Waals surface area contributed by atoms with Crippen molar-refractivity contribution in [2.45, 2.75) is 70.5 Å². The molecule has 5 N–H and O–H groups in total. The molecular formula is C32H39BrN2O5S. The minimum atomic E-state index is -0.723. The molecule has 2 aromatic heterocycles. The Hall–Kier alpha value is -2.72. The fraction of sp³-hybridized carbons (Fsp3) is 0.438. The van der Waals surface area contributed by atoms with E-state index in [9.17, 15) is 24.9 Å². The third kappa shape index (κ3) is 8.88. The van der Waals surface area contributed by atoms with E-state index >= 15 is 0 Å². The van der Waals surface area contributed by atoms with Gasteiger partial charge < -0.3 is 25.6 Å². The minimum absolute atomic E-state index is 0.000730. The Labute approximate surface area is 253 Å². The summed E-state index contributed by atoms with van der Waals surface area (Å²) in [5.41, 5.74) is 3.20. The summed E-state index contributed by atoms with van der Waals surface area (Å²) >= 11 is 5.21. The average molecular weight is 644 g/mol. The molecule has 0 bridgehead atoms. The lowest BCUT2D eigenvalue weighted by molar-refractivity contribution is -0.121. The van der Waals surface area contributed by atoms with Crippen LogP contribution in [0.25, 0.3) is 10.9 Å². The maximum Gasteiger partial charge on any atom is 0.220 e. The predicted molar refractivity (Wildman–Crippen MR) is 167 cm³/mol. The zero-order chi connectivity index (χ0) is 29.4. The zero-order valence-corrected chi connectivity index (χ0v) is 25.7. The molecule has 7 nitrogen and oxygen atoms in total. The van der Waals surface area contributed by atoms with Crippen LogP contribution in [0.1, 0.15) is 54.5 Å². The molecule has 220 valence electrons. The molecule has 0 aliphatic heterocycles. The maximum absolute atomic E-state index is 12.5. The van der Waals surface area contributed by atoms with E-state index in [4.69, 9.17) is 0 Å². The summed E-state index contributed by atoms with van der Waals surface area (Å²) in [4.78, 5) is 29.1. The van der Waals surface area contributed by atoms with Gasteiger partial charge in [-0.25, -0.2) is 0 Å². The number of thiophene rings is 1. The summed E-state index contributed by atoms with van der Waals surface area (Å²) in [7, 11) is 0. The quantitative estimate of drug-likeness (QED) is 0.111. The number of benzene rings is 1. The Morgan fingerprint density at radius 3 is 2.88 bits per heavy atom. The van der Waals surface area contributed by atoms with Gasteiger partial charge in [0.25, 0.3) is 0 Å². The van der Waals surface area contributed by atoms with Crippen molar-refractivity contribution in [3.63, 3.8) is 0 Å². The first-order valence-electron chi connectivity index (χ1n) is 14.2. The number of aromatic nitrogens is 1. The Kier molecular flexibility index (Phi) is 11.4. The van der Waals surface area contributed by atoms with E-state index in [-0.39, 0.29) is 35.7 Å². The molecule has 0 spiro atoms. The first-order chi connectivity index (χ1) is 19.7. The van der Waals surface area contributed by atoms with Crippen LogP contribution >= 0.6 is 27.3 Å². The molecule has 2 heterocycles. The van der Waals surface area contributed by atoms with E-state index in [0.29, 0.717) is 38.6 Å². The number of phenols is 1. The summed E-state index contributed by atoms with van der Waals surface area (Å²) in [6.07, 6.45) is 12.6. The number of aliphatic hydroxyl groups excluding tert-OH is 2. The number of aromatic amines is 1. The van der Waals surface area contributed by atoms with E-state index in [1.165, 1.54) is 10.4 Å². The highest BCUT2D eigenvalue weighted by Crippen LogP contribution is 2.34. The maximum atomic E-state index is 12.5. The van der Waals surface area contributed by atoms with Crippen LogP contribution in [0.4, 0.5) is 0 Å². The van der Waals surface area contributed by atoms with Crippen molar-refractivity contribution in [1.29, 1.82) is 0 Å². The molecule has 4 rings (SSSR count). The number of ketones is 1. The van der Waals surface area contributed by atoms with Crippen LogP contribution in [-0.4, -0.2) is 50.7 Å². The fourth-order valence-corrected chi connectivity index (χ4v) is 7.00. The fourth-order valence-electron chi connectivity index (χ4n) is 5.36. The molecule has 9 heteroatoms. The van der Waals surface area contributed by atoms with Crippen molar-refractivity contribution in [2.24, 2.45) is 11.8 Å². The van der Waals surface area contributed by atoms with Gasteiger partial charge >= 0.3 is 0 Å². The molecule has 1 aliphatic carbocycles. The molecule has 0 unspecified atom stereocenters. The summed E-state index contributed by atoms with van der Waals surface area (Å²) in [6.45, 7) is 2.58. The molecule has 3 aromatic rings. The topological polar surface area (TPSA) is 123 Å². The van der Waals surface area contributed by atoms with Crippen molar-refractivity contribution < 1.29 is 24.9 Å². The van der Waals surface area contributed by atoms with Gasteiger partial charge in [0.1, 0.15) is 11.5 Å². The van der Waals surface area contributed by atoms with Crippen LogP contribution in [-0.2, 0) is 22.4 Å². The number of nitrogens with one attached hydrogen (secondary N) is 2. The molecule has 1 fully saturated rings. The lowest BCUT2D eigenvalue weighted by Gasteiger charge is -2.16. The Morgan fingerprint density at radius 2 is 2.10 bits per heavy atom. The second-order valence-electron chi connectivity index (χ2n) is 10.8. The summed E-state index contributed by atoms with van der Waals surface area (Å²) < 4.78 is 1.12. The Morgan fingerprint density at radius 1 is 1.27 bits per heavy atom. The predicted octanol–water partition coefficient (Wildman–Crippen LogP) is 5.90. The first-order valence-corrected chi connectivity index (χ1v) is 15.8. The SMILES string of the molecule is Cc1cc(CC[C@H](O)/C=C/[C@H]2[C@H](O)CC(=O)[C@@H]2C/C=C\CCCC(=O)NCCc2c[nH]c3ccc(O)cc23)sc1Br. The zero-order valence-electron chi connectivity index (χ0n) is 23.3. The van der Waals surface area contributed by atoms with Crippen LogP contribution in [0.2, 0.25) is 0 Å². The molecular weight excluding hydrogens is 604 g/mol. The smallest absolute Gasteiger partial charge is 0.220 e. The lowest BCUT2D eigenvalue weighted by Crippen LogP contribution is -2.25. The van der Waals surface area contributed by atoms with Gasteiger partial charge in [0, 0.05) is 53.2 Å². The summed E-state index contributed by atoms with van der Waals surface area (Å²) in [6, 6.07) is 7.33. The third-order valence-electron chi connectivity index (χ3n) is 7.68. The van der Waals surface area contributed by atoms with Gasteiger partial charge in [0.2, 0.25) is 5.91 Å². The number of rotatable bonds is 14. The van der Waals surface area contributed by atoms with Gasteiger partial charge in [0.05, 0.1) is 16.0 Å². The minimum Gasteiger partial charge on any atom is -0.508 e. The van der Waals surface area contributed by atoms with Gasteiger partial charge in [0.15, 0.2) is 0 Å². The van der Waals surface area contributed by atoms with E-state index in [0.717, 1.165) is 33.1 Å². The number of allylic oxidation sites excluding steroid dienone is 2. The number of Topliss-reactive ketones (excluding diaryl/α,β-unsaturated/α-hetero) is 1. The van der Waals surface area contributed by atoms with E-state index in [1.54, 1.807) is 29.5 Å². The number of carbonyl (C=O) groups excluding carboxylic acids is 2. The number of hydrogen-bond donors (Lipinski definition) is 5. The number of fused-ring (bicyclic) bond motifs is 1. The number of aliphatic hydroxyl groups is 2. The highest BCUT2D eigenvalue weighted by Gasteiger charge is 2.39. The number of halogens is 1. The number of carbonyl (C=O) groups is 2. The number of unbranched alkanes of at least 4 members (excludes halogenated alkanes) is 1. The number of phenolic OH excluding ortho intramolecular Hbond substituents is 1. The standard InChI is InChI=1S/C32H39BrN2O5S/c1-20-16-24(41-32(20)33)11-8-22(36)9-12-26-25(29(38)18-30(26)39)6-4-2-3-5-7-31(40)34-15-14-21-19-35-28-13-10-23(37)17-27(21)28/h2,4,9-10,12-13,16-17,19,22,25-26,30,35-37,39H,3,5-8,11,14-15,18H2,1H3,(H,34,40)/b4-2-,12-9+/t22-,25+,26+,30+/m0/s1. The number of hydrogen-bond acceptors (Lipinski definition) is 6. The molecule has 1 aliphatic rings. The van der Waals surface area contributed by atoms with E-state index in [2.05, 4.69) is 32.3 Å². The summed E-state index contributed by atoms with van der Waals surface area (Å²) in [5, 5.41) is 34.5. The van der Waals surface area contributed by atoms with Gasteiger partial charge in [-0.15, -0.1) is 11.3 Å². The Bertz CT molecular complexity index is 1370. The average Bonchev–Trinajstić information content (AvgIpc) is 3.57. The monoisotopic (exact) mass is 642 g/mol. The Balaban J connectivity index is 1.14. The van der Waals surface area contributed by atoms with Crippen molar-refractivity contribution in [3.8, 4) is 5.75 Å². The largest absolute Gasteiger partial charge is 0.508 e. The first kappa shape index (κ1) is 31.2. The highest BCUT2D eigenvalue weighted by molar-refractivity contribution is 9.11. The van der Waals surface area contributed by atoms with Crippen LogP contribution in [0.5, 0.6) is 5.75 Å². The number of H-pyrrole nitrogens is 1. The van der Waals surface area contributed by atoms with Gasteiger partial charge in [-0.05, 0) is 96.8 Å². The molecule has 1 saturated carbocycles. The lowest BCUT2D eigenvalue weighted by atomic mass is 9.90. The van der Waals surface area contributed by atoms with Crippen LogP contribution in [0.15, 0.2) is 58.6 Å². The van der Waals surface area contributed by atoms with Crippen molar-refractivity contribution in [3.05, 3.63) is 74.6 Å². The van der Waals surface area contributed by atoms with Gasteiger partial charge in [-0.2, -0.15) is 0 Å². The van der Waals surface area contributed by atoms with E-state index < -0.39 is 12.2 Å². The third-order valence-corrected chi connectivity index (χ3v) is 9.88. The normalized spacial score (nSPS) is 20.1. The molecule has 4 atom stereocenters. The van der Waals surface area contributed by atoms with Gasteiger partial charge in [-0.1, -0.05) is 24.3 Å². The molecule has 0 radical (unpaired) electrons. The van der Waals surface area contributed by atoms with Crippen LogP contribution < -0.4 is 5.32 Å². The van der Waals surface area contributed by atoms with Crippen molar-refractivity contribution in [2.75, 3.05) is 6.54 Å². The summed E-state index contributed by atoms with van der Waals surface area (Å²) in [5.74, 6) is -0.322. The van der Waals surface area contributed by atoms with E-state index in [1.807, 2.05) is 37.4 Å². The van der Waals surface area contributed by atoms with Crippen LogP contribution in [0, 0.1) is 18.8 Å². The highest BCUT2D eigenvalue weighted by atomic mass is 79.9. The molecule has 1 amide bonds. The van der Waals surface area contributed by atoms with Crippen molar-refractivity contribution in [1.82, 2.24) is 10.3 Å². The molecule has 41 heavy (non-hydrogen) atoms. The molecule has 1 aromatic carbocycles. The number of aryl methyl sites for hydroxylation is 2. The second kappa shape index (κ2) is 15.0. The molecule has 0 saturated heterocycles. The van der Waals surface area contributed by atoms with Crippen LogP contribution in [0.3, 0.4) is 0 Å². The number of aromatic hydroxyl groups is 1. The van der Waals surface area contributed by atoms with Crippen molar-refractivity contribution >= 4 is 49.9 Å². The second-order valence-corrected chi connectivity index (χ2v) is 13.3.